The summed E-state index contributed by atoms with van der Waals surface area (Å²) in [5.74, 6) is 0.735. The molecule has 9 heteroatoms. The molecule has 184 valence electrons. The SMILES string of the molecule is COCCN1CCN(CCCN(C(=O)c2cccs2)c2nc(-c3cc4ccccc4o3)cs2)CC1. The van der Waals surface area contributed by atoms with Crippen LogP contribution < -0.4 is 4.90 Å². The minimum absolute atomic E-state index is 0.00916. The Kier molecular flexibility index (Phi) is 7.90. The van der Waals surface area contributed by atoms with E-state index in [-0.39, 0.29) is 5.91 Å². The molecular formula is C26H30N4O3S2. The van der Waals surface area contributed by atoms with E-state index in [4.69, 9.17) is 14.1 Å². The first kappa shape index (κ1) is 24.1. The molecule has 1 aromatic carbocycles. The highest BCUT2D eigenvalue weighted by atomic mass is 32.1. The lowest BCUT2D eigenvalue weighted by molar-refractivity contribution is 0.0950. The number of benzene rings is 1. The molecule has 0 radical (unpaired) electrons. The van der Waals surface area contributed by atoms with Gasteiger partial charge in [0.25, 0.3) is 5.91 Å². The lowest BCUT2D eigenvalue weighted by Crippen LogP contribution is -2.47. The first-order valence-corrected chi connectivity index (χ1v) is 13.7. The number of hydrogen-bond donors (Lipinski definition) is 0. The molecule has 4 aromatic rings. The quantitative estimate of drug-likeness (QED) is 0.302. The first-order chi connectivity index (χ1) is 17.2. The van der Waals surface area contributed by atoms with E-state index in [9.17, 15) is 4.79 Å². The second kappa shape index (κ2) is 11.5. The van der Waals surface area contributed by atoms with E-state index >= 15 is 0 Å². The van der Waals surface area contributed by atoms with E-state index in [0.717, 1.165) is 79.6 Å². The number of furan rings is 1. The van der Waals surface area contributed by atoms with Gasteiger partial charge in [0, 0.05) is 57.1 Å². The summed E-state index contributed by atoms with van der Waals surface area (Å²) in [5, 5.41) is 5.67. The fraction of sp³-hybridized carbons (Fsp3) is 0.385. The molecule has 0 spiro atoms. The predicted octanol–water partition coefficient (Wildman–Crippen LogP) is 4.92. The molecule has 1 fully saturated rings. The third-order valence-corrected chi connectivity index (χ3v) is 8.03. The van der Waals surface area contributed by atoms with Gasteiger partial charge in [-0.1, -0.05) is 24.3 Å². The highest BCUT2D eigenvalue weighted by molar-refractivity contribution is 7.14. The number of nitrogens with zero attached hydrogens (tertiary/aromatic N) is 4. The van der Waals surface area contributed by atoms with Gasteiger partial charge < -0.3 is 14.1 Å². The average molecular weight is 511 g/mol. The number of ether oxygens (including phenoxy) is 1. The summed E-state index contributed by atoms with van der Waals surface area (Å²) >= 11 is 2.96. The van der Waals surface area contributed by atoms with E-state index in [1.807, 2.05) is 58.1 Å². The Balaban J connectivity index is 1.25. The van der Waals surface area contributed by atoms with E-state index < -0.39 is 0 Å². The molecule has 0 saturated carbocycles. The zero-order valence-corrected chi connectivity index (χ0v) is 21.5. The second-order valence-electron chi connectivity index (χ2n) is 8.63. The number of para-hydroxylation sites is 1. The molecule has 1 amide bonds. The molecule has 1 aliphatic heterocycles. The maximum Gasteiger partial charge on any atom is 0.270 e. The van der Waals surface area contributed by atoms with E-state index in [2.05, 4.69) is 9.80 Å². The van der Waals surface area contributed by atoms with Crippen LogP contribution in [-0.2, 0) is 4.74 Å². The van der Waals surface area contributed by atoms with Crippen LogP contribution in [-0.4, -0.2) is 80.2 Å². The summed E-state index contributed by atoms with van der Waals surface area (Å²) < 4.78 is 11.2. The van der Waals surface area contributed by atoms with Crippen LogP contribution in [0.5, 0.6) is 0 Å². The number of aromatic nitrogens is 1. The van der Waals surface area contributed by atoms with Gasteiger partial charge in [-0.2, -0.15) is 0 Å². The van der Waals surface area contributed by atoms with Gasteiger partial charge in [-0.05, 0) is 36.5 Å². The van der Waals surface area contributed by atoms with Crippen LogP contribution in [0.2, 0.25) is 0 Å². The van der Waals surface area contributed by atoms with Gasteiger partial charge in [0.2, 0.25) is 0 Å². The van der Waals surface area contributed by atoms with Crippen LogP contribution in [0, 0.1) is 0 Å². The van der Waals surface area contributed by atoms with Crippen molar-refractivity contribution in [2.45, 2.75) is 6.42 Å². The smallest absolute Gasteiger partial charge is 0.270 e. The van der Waals surface area contributed by atoms with Crippen molar-refractivity contribution >= 4 is 44.7 Å². The Hall–Kier alpha value is -2.56. The topological polar surface area (TPSA) is 62.1 Å². The molecule has 0 N–H and O–H groups in total. The van der Waals surface area contributed by atoms with Crippen LogP contribution in [0.4, 0.5) is 5.13 Å². The van der Waals surface area contributed by atoms with E-state index in [1.54, 1.807) is 7.11 Å². The first-order valence-electron chi connectivity index (χ1n) is 11.9. The normalized spacial score (nSPS) is 15.1. The number of thiophene rings is 1. The minimum Gasteiger partial charge on any atom is -0.454 e. The number of carbonyl (C=O) groups is 1. The zero-order valence-electron chi connectivity index (χ0n) is 19.9. The van der Waals surface area contributed by atoms with Crippen LogP contribution in [0.3, 0.4) is 0 Å². The van der Waals surface area contributed by atoms with Gasteiger partial charge in [0.1, 0.15) is 11.3 Å². The summed E-state index contributed by atoms with van der Waals surface area (Å²) in [6, 6.07) is 13.7. The van der Waals surface area contributed by atoms with Crippen molar-refractivity contribution in [2.75, 3.05) is 64.4 Å². The highest BCUT2D eigenvalue weighted by Gasteiger charge is 2.23. The van der Waals surface area contributed by atoms with Gasteiger partial charge in [-0.3, -0.25) is 14.6 Å². The molecule has 0 aliphatic carbocycles. The number of methoxy groups -OCH3 is 1. The van der Waals surface area contributed by atoms with Crippen molar-refractivity contribution in [3.05, 3.63) is 58.1 Å². The molecular weight excluding hydrogens is 480 g/mol. The van der Waals surface area contributed by atoms with Crippen molar-refractivity contribution in [3.8, 4) is 11.5 Å². The maximum absolute atomic E-state index is 13.4. The molecule has 3 aromatic heterocycles. The molecule has 0 bridgehead atoms. The Labute approximate surface area is 213 Å². The monoisotopic (exact) mass is 510 g/mol. The molecule has 35 heavy (non-hydrogen) atoms. The van der Waals surface area contributed by atoms with Gasteiger partial charge in [0.05, 0.1) is 11.5 Å². The average Bonchev–Trinajstić information content (AvgIpc) is 3.66. The van der Waals surface area contributed by atoms with Crippen LogP contribution >= 0.6 is 22.7 Å². The van der Waals surface area contributed by atoms with Crippen LogP contribution in [0.25, 0.3) is 22.4 Å². The molecule has 0 unspecified atom stereocenters. The fourth-order valence-corrected chi connectivity index (χ4v) is 5.85. The Bertz CT molecular complexity index is 1200. The fourth-order valence-electron chi connectivity index (χ4n) is 4.34. The van der Waals surface area contributed by atoms with Crippen molar-refractivity contribution in [2.24, 2.45) is 0 Å². The lowest BCUT2D eigenvalue weighted by atomic mass is 10.2. The van der Waals surface area contributed by atoms with Crippen LogP contribution in [0.1, 0.15) is 16.1 Å². The van der Waals surface area contributed by atoms with Crippen molar-refractivity contribution < 1.29 is 13.9 Å². The highest BCUT2D eigenvalue weighted by Crippen LogP contribution is 2.32. The van der Waals surface area contributed by atoms with Crippen molar-refractivity contribution in [1.82, 2.24) is 14.8 Å². The summed E-state index contributed by atoms with van der Waals surface area (Å²) in [6.45, 7) is 7.60. The number of anilines is 1. The standard InChI is InChI=1S/C26H30N4O3S2/c1-32-16-15-29-13-11-28(12-14-29)9-5-10-30(25(31)24-8-4-17-34-24)26-27-21(19-35-26)23-18-20-6-2-3-7-22(20)33-23/h2-4,6-8,17-19H,5,9-16H2,1H3. The summed E-state index contributed by atoms with van der Waals surface area (Å²) in [6.07, 6.45) is 0.898. The largest absolute Gasteiger partial charge is 0.454 e. The number of amides is 1. The second-order valence-corrected chi connectivity index (χ2v) is 10.4. The number of thiazole rings is 1. The van der Waals surface area contributed by atoms with E-state index in [0.29, 0.717) is 11.7 Å². The third-order valence-electron chi connectivity index (χ3n) is 6.31. The Morgan fingerprint density at radius 2 is 1.89 bits per heavy atom. The predicted molar refractivity (Wildman–Crippen MR) is 143 cm³/mol. The molecule has 1 aliphatic rings. The number of carbonyl (C=O) groups excluding carboxylic acids is 1. The number of hydrogen-bond acceptors (Lipinski definition) is 8. The summed E-state index contributed by atoms with van der Waals surface area (Å²) in [4.78, 5) is 25.7. The Morgan fingerprint density at radius 3 is 2.63 bits per heavy atom. The number of piperazine rings is 1. The minimum atomic E-state index is 0.00916. The summed E-state index contributed by atoms with van der Waals surface area (Å²) in [7, 11) is 1.75. The molecule has 1 saturated heterocycles. The third kappa shape index (κ3) is 5.82. The van der Waals surface area contributed by atoms with Crippen LogP contribution in [0.15, 0.2) is 57.6 Å². The van der Waals surface area contributed by atoms with Crippen molar-refractivity contribution in [1.29, 1.82) is 0 Å². The van der Waals surface area contributed by atoms with E-state index in [1.165, 1.54) is 22.7 Å². The molecule has 0 atom stereocenters. The van der Waals surface area contributed by atoms with Gasteiger partial charge in [0.15, 0.2) is 10.9 Å². The Morgan fingerprint density at radius 1 is 1.09 bits per heavy atom. The number of rotatable bonds is 10. The van der Waals surface area contributed by atoms with Gasteiger partial charge >= 0.3 is 0 Å². The number of fused-ring (bicyclic) bond motifs is 1. The van der Waals surface area contributed by atoms with Gasteiger partial charge in [-0.25, -0.2) is 4.98 Å². The van der Waals surface area contributed by atoms with Gasteiger partial charge in [-0.15, -0.1) is 22.7 Å². The lowest BCUT2D eigenvalue weighted by Gasteiger charge is -2.34. The molecule has 5 rings (SSSR count). The van der Waals surface area contributed by atoms with Crippen molar-refractivity contribution in [3.63, 3.8) is 0 Å². The molecule has 4 heterocycles. The zero-order chi connectivity index (χ0) is 24.0. The molecule has 7 nitrogen and oxygen atoms in total. The maximum atomic E-state index is 13.4. The summed E-state index contributed by atoms with van der Waals surface area (Å²) in [5.41, 5.74) is 1.60.